The molecule has 1 aromatic rings. The second-order valence-electron chi connectivity index (χ2n) is 5.27. The number of nitrogens with zero attached hydrogens (tertiary/aromatic N) is 1. The van der Waals surface area contributed by atoms with Gasteiger partial charge in [0.05, 0.1) is 19.6 Å². The van der Waals surface area contributed by atoms with E-state index in [9.17, 15) is 4.79 Å². The number of benzene rings is 1. The van der Waals surface area contributed by atoms with Gasteiger partial charge in [-0.2, -0.15) is 0 Å². The van der Waals surface area contributed by atoms with Gasteiger partial charge in [-0.15, -0.1) is 0 Å². The van der Waals surface area contributed by atoms with Crippen LogP contribution >= 0.6 is 15.9 Å². The predicted octanol–water partition coefficient (Wildman–Crippen LogP) is 2.62. The molecule has 0 saturated carbocycles. The molecule has 1 aliphatic rings. The van der Waals surface area contributed by atoms with Gasteiger partial charge < -0.3 is 14.4 Å². The molecule has 0 amide bonds. The number of hydrogen-bond donors (Lipinski definition) is 0. The molecule has 1 aliphatic heterocycles. The Balaban J connectivity index is 2.05. The molecule has 0 aromatic heterocycles. The first-order chi connectivity index (χ1) is 9.51. The number of halogens is 1. The molecule has 1 aromatic carbocycles. The van der Waals surface area contributed by atoms with E-state index in [0.717, 1.165) is 35.4 Å². The molecule has 1 atom stereocenters. The smallest absolute Gasteiger partial charge is 0.309 e. The van der Waals surface area contributed by atoms with E-state index in [1.807, 2.05) is 14.0 Å². The quantitative estimate of drug-likeness (QED) is 0.771. The van der Waals surface area contributed by atoms with Crippen molar-refractivity contribution >= 4 is 21.9 Å². The van der Waals surface area contributed by atoms with E-state index in [0.29, 0.717) is 6.54 Å². The fraction of sp³-hybridized carbons (Fsp3) is 0.533. The van der Waals surface area contributed by atoms with Gasteiger partial charge >= 0.3 is 5.97 Å². The molecule has 110 valence electrons. The zero-order chi connectivity index (χ0) is 14.7. The Labute approximate surface area is 128 Å². The van der Waals surface area contributed by atoms with Gasteiger partial charge in [0.25, 0.3) is 0 Å². The summed E-state index contributed by atoms with van der Waals surface area (Å²) in [5, 5.41) is 0. The Kier molecular flexibility index (Phi) is 5.05. The zero-order valence-electron chi connectivity index (χ0n) is 12.1. The van der Waals surface area contributed by atoms with E-state index in [-0.39, 0.29) is 11.9 Å². The Morgan fingerprint density at radius 3 is 3.00 bits per heavy atom. The Bertz CT molecular complexity index is 504. The van der Waals surface area contributed by atoms with Gasteiger partial charge in [0.1, 0.15) is 5.75 Å². The van der Waals surface area contributed by atoms with Gasteiger partial charge in [0, 0.05) is 29.5 Å². The number of rotatable bonds is 5. The highest BCUT2D eigenvalue weighted by Gasteiger charge is 2.20. The standard InChI is InChI=1S/C15H20BrNO3/c1-10(15(18)19-3)8-17(2)9-12-7-13(16)6-11-4-5-20-14(11)12/h6-7,10H,4-5,8-9H2,1-3H3. The first-order valence-corrected chi connectivity index (χ1v) is 7.51. The molecule has 0 radical (unpaired) electrons. The highest BCUT2D eigenvalue weighted by Crippen LogP contribution is 2.33. The minimum Gasteiger partial charge on any atom is -0.493 e. The number of esters is 1. The lowest BCUT2D eigenvalue weighted by Gasteiger charge is -2.21. The summed E-state index contributed by atoms with van der Waals surface area (Å²) in [7, 11) is 3.43. The Hall–Kier alpha value is -1.07. The van der Waals surface area contributed by atoms with Crippen LogP contribution in [-0.4, -0.2) is 38.2 Å². The third kappa shape index (κ3) is 3.52. The molecule has 0 aliphatic carbocycles. The van der Waals surface area contributed by atoms with Crippen LogP contribution in [0.25, 0.3) is 0 Å². The van der Waals surface area contributed by atoms with Crippen LogP contribution in [0, 0.1) is 5.92 Å². The minimum absolute atomic E-state index is 0.133. The predicted molar refractivity (Wildman–Crippen MR) is 80.9 cm³/mol. The maximum atomic E-state index is 11.5. The van der Waals surface area contributed by atoms with Crippen molar-refractivity contribution in [2.24, 2.45) is 5.92 Å². The van der Waals surface area contributed by atoms with Crippen LogP contribution in [0.15, 0.2) is 16.6 Å². The van der Waals surface area contributed by atoms with Crippen LogP contribution in [0.5, 0.6) is 5.75 Å². The van der Waals surface area contributed by atoms with E-state index in [4.69, 9.17) is 9.47 Å². The summed E-state index contributed by atoms with van der Waals surface area (Å²) < 4.78 is 11.6. The molecule has 0 spiro atoms. The van der Waals surface area contributed by atoms with E-state index < -0.39 is 0 Å². The van der Waals surface area contributed by atoms with Crippen molar-refractivity contribution in [1.29, 1.82) is 0 Å². The molecule has 0 fully saturated rings. The normalized spacial score (nSPS) is 14.8. The summed E-state index contributed by atoms with van der Waals surface area (Å²) in [5.41, 5.74) is 2.41. The fourth-order valence-electron chi connectivity index (χ4n) is 2.56. The number of carbonyl (C=O) groups is 1. The zero-order valence-corrected chi connectivity index (χ0v) is 13.7. The van der Waals surface area contributed by atoms with Crippen LogP contribution in [0.3, 0.4) is 0 Å². The van der Waals surface area contributed by atoms with Crippen molar-refractivity contribution in [3.63, 3.8) is 0 Å². The summed E-state index contributed by atoms with van der Waals surface area (Å²) in [5.74, 6) is 0.699. The second kappa shape index (κ2) is 6.59. The molecule has 4 nitrogen and oxygen atoms in total. The van der Waals surface area contributed by atoms with Crippen molar-refractivity contribution in [3.8, 4) is 5.75 Å². The average molecular weight is 342 g/mol. The molecule has 20 heavy (non-hydrogen) atoms. The van der Waals surface area contributed by atoms with Crippen molar-refractivity contribution in [2.75, 3.05) is 27.3 Å². The summed E-state index contributed by atoms with van der Waals surface area (Å²) >= 11 is 3.54. The van der Waals surface area contributed by atoms with E-state index in [1.165, 1.54) is 12.7 Å². The number of hydrogen-bond acceptors (Lipinski definition) is 4. The lowest BCUT2D eigenvalue weighted by molar-refractivity contribution is -0.145. The molecule has 0 saturated heterocycles. The number of methoxy groups -OCH3 is 1. The Morgan fingerprint density at radius 2 is 2.30 bits per heavy atom. The molecule has 1 heterocycles. The van der Waals surface area contributed by atoms with Crippen molar-refractivity contribution in [1.82, 2.24) is 4.90 Å². The molecular weight excluding hydrogens is 322 g/mol. The first kappa shape index (κ1) is 15.3. The van der Waals surface area contributed by atoms with Crippen LogP contribution in [0.2, 0.25) is 0 Å². The lowest BCUT2D eigenvalue weighted by atomic mass is 10.1. The molecule has 0 N–H and O–H groups in total. The number of fused-ring (bicyclic) bond motifs is 1. The van der Waals surface area contributed by atoms with Crippen molar-refractivity contribution in [3.05, 3.63) is 27.7 Å². The van der Waals surface area contributed by atoms with E-state index >= 15 is 0 Å². The fourth-order valence-corrected chi connectivity index (χ4v) is 3.11. The second-order valence-corrected chi connectivity index (χ2v) is 6.19. The topological polar surface area (TPSA) is 38.8 Å². The SMILES string of the molecule is COC(=O)C(C)CN(C)Cc1cc(Br)cc2c1OCC2. The number of ether oxygens (including phenoxy) is 2. The van der Waals surface area contributed by atoms with E-state index in [2.05, 4.69) is 33.0 Å². The monoisotopic (exact) mass is 341 g/mol. The highest BCUT2D eigenvalue weighted by molar-refractivity contribution is 9.10. The first-order valence-electron chi connectivity index (χ1n) is 6.71. The molecule has 2 rings (SSSR count). The maximum Gasteiger partial charge on any atom is 0.309 e. The Morgan fingerprint density at radius 1 is 1.55 bits per heavy atom. The van der Waals surface area contributed by atoms with Crippen molar-refractivity contribution < 1.29 is 14.3 Å². The highest BCUT2D eigenvalue weighted by atomic mass is 79.9. The van der Waals surface area contributed by atoms with Gasteiger partial charge in [-0.25, -0.2) is 0 Å². The third-order valence-electron chi connectivity index (χ3n) is 3.45. The van der Waals surface area contributed by atoms with Crippen LogP contribution in [0.4, 0.5) is 0 Å². The summed E-state index contributed by atoms with van der Waals surface area (Å²) in [6, 6.07) is 4.20. The minimum atomic E-state index is -0.174. The molecule has 5 heteroatoms. The van der Waals surface area contributed by atoms with Crippen molar-refractivity contribution in [2.45, 2.75) is 19.9 Å². The maximum absolute atomic E-state index is 11.5. The summed E-state index contributed by atoms with van der Waals surface area (Å²) in [6.45, 7) is 4.04. The van der Waals surface area contributed by atoms with Gasteiger partial charge in [-0.05, 0) is 24.7 Å². The summed E-state index contributed by atoms with van der Waals surface area (Å²) in [6.07, 6.45) is 0.962. The molecule has 1 unspecified atom stereocenters. The van der Waals surface area contributed by atoms with Crippen LogP contribution in [0.1, 0.15) is 18.1 Å². The van der Waals surface area contributed by atoms with E-state index in [1.54, 1.807) is 0 Å². The average Bonchev–Trinajstić information content (AvgIpc) is 2.85. The number of carbonyl (C=O) groups excluding carboxylic acids is 1. The van der Waals surface area contributed by atoms with Crippen LogP contribution in [-0.2, 0) is 22.5 Å². The van der Waals surface area contributed by atoms with Gasteiger partial charge in [0.15, 0.2) is 0 Å². The largest absolute Gasteiger partial charge is 0.493 e. The third-order valence-corrected chi connectivity index (χ3v) is 3.91. The van der Waals surface area contributed by atoms with Gasteiger partial charge in [-0.3, -0.25) is 4.79 Å². The molecular formula is C15H20BrNO3. The summed E-state index contributed by atoms with van der Waals surface area (Å²) in [4.78, 5) is 13.6. The van der Waals surface area contributed by atoms with Crippen LogP contribution < -0.4 is 4.74 Å². The van der Waals surface area contributed by atoms with Gasteiger partial charge in [0.2, 0.25) is 0 Å². The lowest BCUT2D eigenvalue weighted by Crippen LogP contribution is -2.29. The molecule has 0 bridgehead atoms. The van der Waals surface area contributed by atoms with Gasteiger partial charge in [-0.1, -0.05) is 22.9 Å².